The highest BCUT2D eigenvalue weighted by molar-refractivity contribution is 6.31. The number of nitrogens with zero attached hydrogens (tertiary/aromatic N) is 2. The van der Waals surface area contributed by atoms with Crippen LogP contribution < -0.4 is 10.6 Å². The van der Waals surface area contributed by atoms with Crippen LogP contribution in [0.3, 0.4) is 0 Å². The summed E-state index contributed by atoms with van der Waals surface area (Å²) in [6.07, 6.45) is -4.66. The summed E-state index contributed by atoms with van der Waals surface area (Å²) in [5, 5.41) is 13.8. The molecule has 0 spiro atoms. The number of alkyl halides is 3. The van der Waals surface area contributed by atoms with Gasteiger partial charge in [0.05, 0.1) is 34.9 Å². The Labute approximate surface area is 180 Å². The zero-order valence-electron chi connectivity index (χ0n) is 15.5. The van der Waals surface area contributed by atoms with E-state index >= 15 is 0 Å². The van der Waals surface area contributed by atoms with Gasteiger partial charge in [0.15, 0.2) is 0 Å². The van der Waals surface area contributed by atoms with Crippen molar-refractivity contribution in [3.63, 3.8) is 0 Å². The number of hydrogen-bond donors (Lipinski definition) is 2. The first-order chi connectivity index (χ1) is 14.0. The van der Waals surface area contributed by atoms with Crippen LogP contribution in [0.1, 0.15) is 11.1 Å². The normalized spacial score (nSPS) is 11.1. The number of halogens is 5. The Morgan fingerprint density at radius 3 is 2.30 bits per heavy atom. The maximum atomic E-state index is 12.9. The molecule has 0 heterocycles. The van der Waals surface area contributed by atoms with Gasteiger partial charge < -0.3 is 10.6 Å². The molecule has 0 bridgehead atoms. The molecular formula is C19H15Cl2F3N4O2. The van der Waals surface area contributed by atoms with Crippen molar-refractivity contribution in [3.8, 4) is 6.07 Å². The van der Waals surface area contributed by atoms with Crippen molar-refractivity contribution >= 4 is 46.4 Å². The lowest BCUT2D eigenvalue weighted by atomic mass is 10.2. The van der Waals surface area contributed by atoms with Crippen LogP contribution in [0.4, 0.5) is 24.5 Å². The van der Waals surface area contributed by atoms with E-state index < -0.39 is 28.6 Å². The van der Waals surface area contributed by atoms with E-state index in [1.165, 1.54) is 36.2 Å². The lowest BCUT2D eigenvalue weighted by Gasteiger charge is -2.17. The van der Waals surface area contributed by atoms with Gasteiger partial charge in [-0.2, -0.15) is 18.4 Å². The van der Waals surface area contributed by atoms with Gasteiger partial charge in [-0.25, -0.2) is 0 Å². The Balaban J connectivity index is 1.95. The third-order valence-electron chi connectivity index (χ3n) is 3.76. The SMILES string of the molecule is CN(CC(=O)Nc1ccc(Cl)c(C(F)(F)F)c1)CC(=O)Nc1cc(Cl)ccc1C#N. The van der Waals surface area contributed by atoms with E-state index in [0.29, 0.717) is 5.02 Å². The largest absolute Gasteiger partial charge is 0.417 e. The van der Waals surface area contributed by atoms with Crippen molar-refractivity contribution in [3.05, 3.63) is 57.6 Å². The molecule has 2 amide bonds. The van der Waals surface area contributed by atoms with Crippen LogP contribution in [-0.4, -0.2) is 36.9 Å². The second kappa shape index (κ2) is 9.80. The number of nitriles is 1. The Kier molecular flexibility index (Phi) is 7.67. The van der Waals surface area contributed by atoms with E-state index in [2.05, 4.69) is 10.6 Å². The maximum Gasteiger partial charge on any atom is 0.417 e. The number of nitrogens with one attached hydrogen (secondary N) is 2. The summed E-state index contributed by atoms with van der Waals surface area (Å²) in [5.41, 5.74) is -0.693. The van der Waals surface area contributed by atoms with Gasteiger partial charge >= 0.3 is 6.18 Å². The smallest absolute Gasteiger partial charge is 0.325 e. The monoisotopic (exact) mass is 458 g/mol. The fraction of sp³-hybridized carbons (Fsp3) is 0.211. The fourth-order valence-corrected chi connectivity index (χ4v) is 2.87. The van der Waals surface area contributed by atoms with Gasteiger partial charge in [-0.3, -0.25) is 14.5 Å². The molecule has 11 heteroatoms. The molecule has 0 saturated heterocycles. The van der Waals surface area contributed by atoms with Crippen LogP contribution in [0.25, 0.3) is 0 Å². The summed E-state index contributed by atoms with van der Waals surface area (Å²) in [6.45, 7) is -0.475. The van der Waals surface area contributed by atoms with Crippen molar-refractivity contribution in [2.24, 2.45) is 0 Å². The van der Waals surface area contributed by atoms with Crippen molar-refractivity contribution in [2.45, 2.75) is 6.18 Å². The standard InChI is InChI=1S/C19H15Cl2F3N4O2/c1-28(10-18(30)27-16-6-12(20)3-2-11(16)8-25)9-17(29)26-13-4-5-15(21)14(7-13)19(22,23)24/h2-7H,9-10H2,1H3,(H,26,29)(H,27,30). The third kappa shape index (κ3) is 6.62. The summed E-state index contributed by atoms with van der Waals surface area (Å²) in [7, 11) is 1.48. The minimum Gasteiger partial charge on any atom is -0.325 e. The van der Waals surface area contributed by atoms with Gasteiger partial charge in [-0.15, -0.1) is 0 Å². The predicted molar refractivity (Wildman–Crippen MR) is 107 cm³/mol. The molecule has 2 N–H and O–H groups in total. The lowest BCUT2D eigenvalue weighted by Crippen LogP contribution is -2.36. The van der Waals surface area contributed by atoms with E-state index in [9.17, 15) is 22.8 Å². The zero-order valence-corrected chi connectivity index (χ0v) is 17.0. The summed E-state index contributed by atoms with van der Waals surface area (Å²) >= 11 is 11.4. The topological polar surface area (TPSA) is 85.2 Å². The molecule has 2 aromatic rings. The van der Waals surface area contributed by atoms with Crippen molar-refractivity contribution in [2.75, 3.05) is 30.8 Å². The summed E-state index contributed by atoms with van der Waals surface area (Å²) in [5.74, 6) is -1.13. The van der Waals surface area contributed by atoms with Crippen molar-refractivity contribution in [1.82, 2.24) is 4.90 Å². The van der Waals surface area contributed by atoms with E-state index in [-0.39, 0.29) is 30.0 Å². The molecular weight excluding hydrogens is 444 g/mol. The molecule has 0 fully saturated rings. The summed E-state index contributed by atoms with van der Waals surface area (Å²) in [4.78, 5) is 25.6. The molecule has 0 unspecified atom stereocenters. The second-order valence-electron chi connectivity index (χ2n) is 6.26. The van der Waals surface area contributed by atoms with E-state index in [4.69, 9.17) is 28.5 Å². The molecule has 0 aliphatic rings. The summed E-state index contributed by atoms with van der Waals surface area (Å²) in [6, 6.07) is 9.31. The van der Waals surface area contributed by atoms with E-state index in [1.54, 1.807) is 0 Å². The molecule has 158 valence electrons. The van der Waals surface area contributed by atoms with Gasteiger partial charge in [0.1, 0.15) is 6.07 Å². The van der Waals surface area contributed by atoms with Crippen LogP contribution in [0.15, 0.2) is 36.4 Å². The number of likely N-dealkylation sites (N-methyl/N-ethyl adjacent to an activating group) is 1. The first kappa shape index (κ1) is 23.5. The Morgan fingerprint density at radius 1 is 1.07 bits per heavy atom. The van der Waals surface area contributed by atoms with Gasteiger partial charge in [0, 0.05) is 10.7 Å². The number of hydrogen-bond acceptors (Lipinski definition) is 4. The van der Waals surface area contributed by atoms with Crippen LogP contribution in [0, 0.1) is 11.3 Å². The van der Waals surface area contributed by atoms with Gasteiger partial charge in [-0.05, 0) is 43.4 Å². The quantitative estimate of drug-likeness (QED) is 0.671. The molecule has 0 atom stereocenters. The molecule has 6 nitrogen and oxygen atoms in total. The number of benzene rings is 2. The second-order valence-corrected chi connectivity index (χ2v) is 7.11. The lowest BCUT2D eigenvalue weighted by molar-refractivity contribution is -0.137. The Hall–Kier alpha value is -2.80. The third-order valence-corrected chi connectivity index (χ3v) is 4.32. The first-order valence-electron chi connectivity index (χ1n) is 8.34. The highest BCUT2D eigenvalue weighted by Crippen LogP contribution is 2.36. The highest BCUT2D eigenvalue weighted by atomic mass is 35.5. The minimum absolute atomic E-state index is 0.0767. The molecule has 0 aromatic heterocycles. The number of rotatable bonds is 6. The molecule has 0 saturated carbocycles. The predicted octanol–water partition coefficient (Wildman–Crippen LogP) is 4.39. The average molecular weight is 459 g/mol. The number of carbonyl (C=O) groups excluding carboxylic acids is 2. The Bertz CT molecular complexity index is 1010. The van der Waals surface area contributed by atoms with E-state index in [0.717, 1.165) is 12.1 Å². The number of anilines is 2. The van der Waals surface area contributed by atoms with Gasteiger partial charge in [0.2, 0.25) is 11.8 Å². The average Bonchev–Trinajstić information content (AvgIpc) is 2.62. The van der Waals surface area contributed by atoms with Crippen LogP contribution in [0.2, 0.25) is 10.0 Å². The van der Waals surface area contributed by atoms with Crippen LogP contribution in [-0.2, 0) is 15.8 Å². The molecule has 2 rings (SSSR count). The Morgan fingerprint density at radius 2 is 1.70 bits per heavy atom. The van der Waals surface area contributed by atoms with Crippen LogP contribution >= 0.6 is 23.2 Å². The molecule has 0 radical (unpaired) electrons. The van der Waals surface area contributed by atoms with Gasteiger partial charge in [-0.1, -0.05) is 23.2 Å². The summed E-state index contributed by atoms with van der Waals surface area (Å²) < 4.78 is 38.7. The maximum absolute atomic E-state index is 12.9. The number of amides is 2. The molecule has 0 aliphatic heterocycles. The van der Waals surface area contributed by atoms with Crippen LogP contribution in [0.5, 0.6) is 0 Å². The fourth-order valence-electron chi connectivity index (χ4n) is 2.47. The number of carbonyl (C=O) groups is 2. The zero-order chi connectivity index (χ0) is 22.5. The van der Waals surface area contributed by atoms with Gasteiger partial charge in [0.25, 0.3) is 0 Å². The first-order valence-corrected chi connectivity index (χ1v) is 9.10. The van der Waals surface area contributed by atoms with Crippen molar-refractivity contribution in [1.29, 1.82) is 5.26 Å². The molecule has 2 aromatic carbocycles. The molecule has 0 aliphatic carbocycles. The highest BCUT2D eigenvalue weighted by Gasteiger charge is 2.33. The van der Waals surface area contributed by atoms with Crippen molar-refractivity contribution < 1.29 is 22.8 Å². The van der Waals surface area contributed by atoms with E-state index in [1.807, 2.05) is 6.07 Å². The molecule has 30 heavy (non-hydrogen) atoms. The minimum atomic E-state index is -4.66.